The molecule has 1 N–H and O–H groups in total. The fourth-order valence-electron chi connectivity index (χ4n) is 3.19. The molecule has 0 saturated heterocycles. The van der Waals surface area contributed by atoms with Crippen molar-refractivity contribution in [1.82, 2.24) is 5.32 Å². The van der Waals surface area contributed by atoms with E-state index < -0.39 is 6.04 Å². The first-order valence-electron chi connectivity index (χ1n) is 9.22. The molecule has 1 aromatic carbocycles. The molecule has 6 heteroatoms. The molecule has 1 heterocycles. The van der Waals surface area contributed by atoms with Gasteiger partial charge in [0.05, 0.1) is 18.4 Å². The zero-order valence-corrected chi connectivity index (χ0v) is 15.8. The summed E-state index contributed by atoms with van der Waals surface area (Å²) in [6.45, 7) is 4.60. The summed E-state index contributed by atoms with van der Waals surface area (Å²) < 4.78 is 4.64. The van der Waals surface area contributed by atoms with Crippen LogP contribution in [0.5, 0.6) is 0 Å². The van der Waals surface area contributed by atoms with Crippen molar-refractivity contribution >= 4 is 23.5 Å². The quantitative estimate of drug-likeness (QED) is 0.571. The minimum atomic E-state index is -0.509. The van der Waals surface area contributed by atoms with Gasteiger partial charge < -0.3 is 15.0 Å². The number of benzene rings is 1. The average Bonchev–Trinajstić information content (AvgIpc) is 2.71. The standard InChI is InChI=1S/C20H28N2O4/c1-14(2)13-16-20(25)22(12-8-4-5-11-18(23)26-3)17-10-7-6-9-15(17)19(24)21-16/h6-7,9-10,14,16H,4-5,8,11-13H2,1-3H3,(H,21,24)/t16-/m0/s1. The van der Waals surface area contributed by atoms with E-state index in [0.717, 1.165) is 19.3 Å². The number of methoxy groups -OCH3 is 1. The number of rotatable bonds is 8. The third kappa shape index (κ3) is 5.07. The van der Waals surface area contributed by atoms with E-state index in [4.69, 9.17) is 0 Å². The van der Waals surface area contributed by atoms with Gasteiger partial charge in [0.15, 0.2) is 0 Å². The highest BCUT2D eigenvalue weighted by Gasteiger charge is 2.33. The van der Waals surface area contributed by atoms with Crippen LogP contribution < -0.4 is 10.2 Å². The van der Waals surface area contributed by atoms with Crippen molar-refractivity contribution in [3.05, 3.63) is 29.8 Å². The molecule has 1 aliphatic rings. The van der Waals surface area contributed by atoms with E-state index in [1.54, 1.807) is 17.0 Å². The van der Waals surface area contributed by atoms with Gasteiger partial charge in [-0.2, -0.15) is 0 Å². The second-order valence-electron chi connectivity index (χ2n) is 7.05. The van der Waals surface area contributed by atoms with Gasteiger partial charge in [-0.3, -0.25) is 14.4 Å². The van der Waals surface area contributed by atoms with Gasteiger partial charge in [0.2, 0.25) is 5.91 Å². The number of nitrogens with zero attached hydrogens (tertiary/aromatic N) is 1. The number of unbranched alkanes of at least 4 members (excludes halogenated alkanes) is 2. The molecule has 0 radical (unpaired) electrons. The molecule has 2 rings (SSSR count). The molecule has 1 aromatic rings. The van der Waals surface area contributed by atoms with Gasteiger partial charge in [-0.25, -0.2) is 0 Å². The Morgan fingerprint density at radius 1 is 1.19 bits per heavy atom. The normalized spacial score (nSPS) is 16.9. The van der Waals surface area contributed by atoms with Gasteiger partial charge in [-0.1, -0.05) is 32.4 Å². The summed E-state index contributed by atoms with van der Waals surface area (Å²) in [5.74, 6) is -0.182. The zero-order chi connectivity index (χ0) is 19.1. The summed E-state index contributed by atoms with van der Waals surface area (Å²) in [4.78, 5) is 38.5. The Morgan fingerprint density at radius 3 is 2.62 bits per heavy atom. The second kappa shape index (κ2) is 9.36. The van der Waals surface area contributed by atoms with Crippen LogP contribution in [0.2, 0.25) is 0 Å². The number of fused-ring (bicyclic) bond motifs is 1. The van der Waals surface area contributed by atoms with Crippen LogP contribution in [0.4, 0.5) is 5.69 Å². The lowest BCUT2D eigenvalue weighted by Crippen LogP contribution is -2.46. The number of carbonyl (C=O) groups is 3. The number of ether oxygens (including phenoxy) is 1. The van der Waals surface area contributed by atoms with Crippen LogP contribution in [0.15, 0.2) is 24.3 Å². The van der Waals surface area contributed by atoms with Gasteiger partial charge in [0.25, 0.3) is 5.91 Å². The molecule has 0 unspecified atom stereocenters. The van der Waals surface area contributed by atoms with Crippen molar-refractivity contribution in [2.75, 3.05) is 18.6 Å². The van der Waals surface area contributed by atoms with E-state index in [9.17, 15) is 14.4 Å². The lowest BCUT2D eigenvalue weighted by atomic mass is 10.0. The van der Waals surface area contributed by atoms with Crippen molar-refractivity contribution in [3.63, 3.8) is 0 Å². The first-order valence-corrected chi connectivity index (χ1v) is 9.22. The van der Waals surface area contributed by atoms with E-state index in [1.807, 2.05) is 26.0 Å². The molecule has 1 atom stereocenters. The number of hydrogen-bond donors (Lipinski definition) is 1. The van der Waals surface area contributed by atoms with Crippen LogP contribution in [0.3, 0.4) is 0 Å². The first-order chi connectivity index (χ1) is 12.4. The smallest absolute Gasteiger partial charge is 0.305 e. The Hall–Kier alpha value is -2.37. The Morgan fingerprint density at radius 2 is 1.92 bits per heavy atom. The molecule has 0 bridgehead atoms. The van der Waals surface area contributed by atoms with E-state index in [2.05, 4.69) is 10.1 Å². The SMILES string of the molecule is COC(=O)CCCCCN1C(=O)[C@H](CC(C)C)NC(=O)c2ccccc21. The van der Waals surface area contributed by atoms with Crippen molar-refractivity contribution < 1.29 is 19.1 Å². The molecule has 6 nitrogen and oxygen atoms in total. The molecule has 142 valence electrons. The molecule has 26 heavy (non-hydrogen) atoms. The van der Waals surface area contributed by atoms with E-state index >= 15 is 0 Å². The van der Waals surface area contributed by atoms with Crippen LogP contribution in [-0.4, -0.2) is 37.5 Å². The summed E-state index contributed by atoms with van der Waals surface area (Å²) in [5, 5.41) is 2.88. The molecule has 2 amide bonds. The summed E-state index contributed by atoms with van der Waals surface area (Å²) in [5.41, 5.74) is 1.19. The maximum atomic E-state index is 13.0. The number of nitrogens with one attached hydrogen (secondary N) is 1. The molecular weight excluding hydrogens is 332 g/mol. The Bertz CT molecular complexity index is 657. The highest BCUT2D eigenvalue weighted by Crippen LogP contribution is 2.26. The fraction of sp³-hybridized carbons (Fsp3) is 0.550. The number of amides is 2. The molecule has 0 fully saturated rings. The molecule has 0 aliphatic carbocycles. The minimum absolute atomic E-state index is 0.0648. The predicted octanol–water partition coefficient (Wildman–Crippen LogP) is 2.91. The third-order valence-electron chi connectivity index (χ3n) is 4.51. The average molecular weight is 360 g/mol. The maximum absolute atomic E-state index is 13.0. The molecule has 1 aliphatic heterocycles. The maximum Gasteiger partial charge on any atom is 0.305 e. The molecule has 0 spiro atoms. The highest BCUT2D eigenvalue weighted by atomic mass is 16.5. The number of carbonyl (C=O) groups excluding carboxylic acids is 3. The Kier molecular flexibility index (Phi) is 7.18. The largest absolute Gasteiger partial charge is 0.469 e. The van der Waals surface area contributed by atoms with Crippen molar-refractivity contribution in [2.24, 2.45) is 5.92 Å². The van der Waals surface area contributed by atoms with Crippen molar-refractivity contribution in [2.45, 2.75) is 52.0 Å². The van der Waals surface area contributed by atoms with Crippen LogP contribution in [0, 0.1) is 5.92 Å². The summed E-state index contributed by atoms with van der Waals surface area (Å²) in [7, 11) is 1.38. The van der Waals surface area contributed by atoms with Gasteiger partial charge in [0.1, 0.15) is 6.04 Å². The van der Waals surface area contributed by atoms with Crippen LogP contribution >= 0.6 is 0 Å². The highest BCUT2D eigenvalue weighted by molar-refractivity contribution is 6.10. The topological polar surface area (TPSA) is 75.7 Å². The Labute approximate surface area is 154 Å². The van der Waals surface area contributed by atoms with Crippen LogP contribution in [-0.2, 0) is 14.3 Å². The zero-order valence-electron chi connectivity index (χ0n) is 15.8. The lowest BCUT2D eigenvalue weighted by molar-refractivity contribution is -0.140. The fourth-order valence-corrected chi connectivity index (χ4v) is 3.19. The number of esters is 1. The number of hydrogen-bond acceptors (Lipinski definition) is 4. The Balaban J connectivity index is 2.11. The molecule has 0 aromatic heterocycles. The van der Waals surface area contributed by atoms with Crippen molar-refractivity contribution in [1.29, 1.82) is 0 Å². The molecular formula is C20H28N2O4. The van der Waals surface area contributed by atoms with E-state index in [-0.39, 0.29) is 17.8 Å². The van der Waals surface area contributed by atoms with Gasteiger partial charge in [-0.05, 0) is 37.3 Å². The number of anilines is 1. The summed E-state index contributed by atoms with van der Waals surface area (Å²) in [6, 6.07) is 6.70. The third-order valence-corrected chi connectivity index (χ3v) is 4.51. The second-order valence-corrected chi connectivity index (χ2v) is 7.05. The predicted molar refractivity (Wildman–Crippen MR) is 100.0 cm³/mol. The van der Waals surface area contributed by atoms with E-state index in [1.165, 1.54) is 7.11 Å². The monoisotopic (exact) mass is 360 g/mol. The van der Waals surface area contributed by atoms with Crippen molar-refractivity contribution in [3.8, 4) is 0 Å². The van der Waals surface area contributed by atoms with E-state index in [0.29, 0.717) is 36.6 Å². The van der Waals surface area contributed by atoms with Gasteiger partial charge in [-0.15, -0.1) is 0 Å². The molecule has 0 saturated carbocycles. The van der Waals surface area contributed by atoms with Crippen LogP contribution in [0.1, 0.15) is 56.3 Å². The minimum Gasteiger partial charge on any atom is -0.469 e. The summed E-state index contributed by atoms with van der Waals surface area (Å²) in [6.07, 6.45) is 3.30. The number of para-hydroxylation sites is 1. The summed E-state index contributed by atoms with van der Waals surface area (Å²) >= 11 is 0. The lowest BCUT2D eigenvalue weighted by Gasteiger charge is -2.26. The van der Waals surface area contributed by atoms with Crippen LogP contribution in [0.25, 0.3) is 0 Å². The van der Waals surface area contributed by atoms with Gasteiger partial charge >= 0.3 is 5.97 Å². The first kappa shape index (κ1) is 19.9. The van der Waals surface area contributed by atoms with Gasteiger partial charge in [0, 0.05) is 13.0 Å².